The Kier molecular flexibility index (Phi) is 8.43. The minimum Gasteiger partial charge on any atom is -0.441 e. The summed E-state index contributed by atoms with van der Waals surface area (Å²) in [6.07, 6.45) is 4.38. The maximum Gasteiger partial charge on any atom is 0.226 e. The molecule has 1 amide bonds. The largest absolute Gasteiger partial charge is 0.441 e. The van der Waals surface area contributed by atoms with Gasteiger partial charge in [0.25, 0.3) is 0 Å². The lowest BCUT2D eigenvalue weighted by molar-refractivity contribution is -0.126. The Balaban J connectivity index is 1.24. The van der Waals surface area contributed by atoms with Gasteiger partial charge in [-0.1, -0.05) is 32.0 Å². The minimum absolute atomic E-state index is 0.0619. The van der Waals surface area contributed by atoms with Crippen LogP contribution in [0.2, 0.25) is 0 Å². The first-order valence-electron chi connectivity index (χ1n) is 13.1. The molecule has 1 aromatic carbocycles. The summed E-state index contributed by atoms with van der Waals surface area (Å²) in [7, 11) is 0. The van der Waals surface area contributed by atoms with Crippen molar-refractivity contribution in [1.29, 1.82) is 0 Å². The number of nitrogens with zero attached hydrogens (tertiary/aromatic N) is 3. The van der Waals surface area contributed by atoms with Crippen LogP contribution in [0.1, 0.15) is 56.5 Å². The van der Waals surface area contributed by atoms with Gasteiger partial charge in [-0.05, 0) is 76.1 Å². The fourth-order valence-electron chi connectivity index (χ4n) is 5.76. The van der Waals surface area contributed by atoms with E-state index in [4.69, 9.17) is 9.40 Å². The standard InChI is InChI=1S/C28H42N4O2/c1-20-15-21(2)17-31(16-20)14-8-12-29-27(33)24-10-7-13-32(18-24)19-26-23(4)34-28(30-26)25-11-6-5-9-22(25)3/h5-6,9,11,20-21,24H,7-8,10,12-19H2,1-4H3,(H,29,33)/t20-,21+,24-/m1/s1. The average Bonchev–Trinajstić information content (AvgIpc) is 3.16. The Bertz CT molecular complexity index is 946. The number of likely N-dealkylation sites (tertiary alicyclic amines) is 2. The van der Waals surface area contributed by atoms with E-state index in [1.165, 1.54) is 19.5 Å². The number of amides is 1. The second kappa shape index (κ2) is 11.5. The number of rotatable bonds is 8. The lowest BCUT2D eigenvalue weighted by atomic mass is 9.92. The fourth-order valence-corrected chi connectivity index (χ4v) is 5.76. The van der Waals surface area contributed by atoms with E-state index in [-0.39, 0.29) is 11.8 Å². The van der Waals surface area contributed by atoms with Crippen LogP contribution in [0.4, 0.5) is 0 Å². The van der Waals surface area contributed by atoms with Crippen LogP contribution < -0.4 is 5.32 Å². The van der Waals surface area contributed by atoms with Crippen molar-refractivity contribution in [3.63, 3.8) is 0 Å². The third-order valence-electron chi connectivity index (χ3n) is 7.41. The molecule has 4 rings (SSSR count). The Labute approximate surface area is 205 Å². The van der Waals surface area contributed by atoms with Gasteiger partial charge in [0.1, 0.15) is 5.76 Å². The number of piperidine rings is 2. The third-order valence-corrected chi connectivity index (χ3v) is 7.41. The normalized spacial score (nSPS) is 24.3. The molecule has 186 valence electrons. The van der Waals surface area contributed by atoms with E-state index in [1.807, 2.05) is 19.1 Å². The Morgan fingerprint density at radius 1 is 1.12 bits per heavy atom. The van der Waals surface area contributed by atoms with Crippen LogP contribution in [0.25, 0.3) is 11.5 Å². The maximum absolute atomic E-state index is 12.9. The van der Waals surface area contributed by atoms with Gasteiger partial charge in [-0.25, -0.2) is 4.98 Å². The molecule has 2 saturated heterocycles. The molecule has 0 spiro atoms. The molecule has 6 heteroatoms. The van der Waals surface area contributed by atoms with Crippen LogP contribution in [0.15, 0.2) is 28.7 Å². The van der Waals surface area contributed by atoms with Crippen molar-refractivity contribution in [2.75, 3.05) is 39.3 Å². The van der Waals surface area contributed by atoms with Crippen LogP contribution >= 0.6 is 0 Å². The van der Waals surface area contributed by atoms with Crippen LogP contribution in [-0.4, -0.2) is 60.0 Å². The van der Waals surface area contributed by atoms with Crippen LogP contribution in [-0.2, 0) is 11.3 Å². The first-order valence-corrected chi connectivity index (χ1v) is 13.1. The van der Waals surface area contributed by atoms with E-state index in [1.54, 1.807) is 0 Å². The molecule has 2 fully saturated rings. The van der Waals surface area contributed by atoms with Gasteiger partial charge in [0.05, 0.1) is 11.6 Å². The molecule has 3 atom stereocenters. The molecule has 34 heavy (non-hydrogen) atoms. The van der Waals surface area contributed by atoms with Crippen molar-refractivity contribution in [3.8, 4) is 11.5 Å². The highest BCUT2D eigenvalue weighted by Gasteiger charge is 2.27. The molecule has 0 aliphatic carbocycles. The molecule has 2 aromatic rings. The summed E-state index contributed by atoms with van der Waals surface area (Å²) in [6.45, 7) is 15.5. The van der Waals surface area contributed by atoms with Crippen LogP contribution in [0.3, 0.4) is 0 Å². The number of aromatic nitrogens is 1. The van der Waals surface area contributed by atoms with E-state index >= 15 is 0 Å². The zero-order valence-electron chi connectivity index (χ0n) is 21.5. The van der Waals surface area contributed by atoms with Gasteiger partial charge < -0.3 is 14.6 Å². The van der Waals surface area contributed by atoms with E-state index < -0.39 is 0 Å². The topological polar surface area (TPSA) is 61.6 Å². The molecule has 1 aromatic heterocycles. The fraction of sp³-hybridized carbons (Fsp3) is 0.643. The van der Waals surface area contributed by atoms with Crippen molar-refractivity contribution >= 4 is 5.91 Å². The average molecular weight is 467 g/mol. The third kappa shape index (κ3) is 6.48. The Morgan fingerprint density at radius 2 is 1.88 bits per heavy atom. The van der Waals surface area contributed by atoms with Crippen LogP contribution in [0.5, 0.6) is 0 Å². The quantitative estimate of drug-likeness (QED) is 0.574. The van der Waals surface area contributed by atoms with Gasteiger partial charge in [0.15, 0.2) is 0 Å². The number of carbonyl (C=O) groups excluding carboxylic acids is 1. The molecule has 0 bridgehead atoms. The summed E-state index contributed by atoms with van der Waals surface area (Å²) in [5.41, 5.74) is 3.18. The first-order chi connectivity index (χ1) is 16.4. The summed E-state index contributed by atoms with van der Waals surface area (Å²) in [5, 5.41) is 3.22. The second-order valence-corrected chi connectivity index (χ2v) is 10.8. The van der Waals surface area contributed by atoms with Crippen molar-refractivity contribution in [2.24, 2.45) is 17.8 Å². The number of aryl methyl sites for hydroxylation is 2. The van der Waals surface area contributed by atoms with E-state index in [0.29, 0.717) is 5.89 Å². The molecule has 2 aliphatic heterocycles. The lowest BCUT2D eigenvalue weighted by Gasteiger charge is -2.35. The minimum atomic E-state index is 0.0619. The summed E-state index contributed by atoms with van der Waals surface area (Å²) < 4.78 is 6.00. The van der Waals surface area contributed by atoms with Crippen molar-refractivity contribution in [3.05, 3.63) is 41.3 Å². The number of benzene rings is 1. The predicted octanol–water partition coefficient (Wildman–Crippen LogP) is 4.65. The van der Waals surface area contributed by atoms with Gasteiger partial charge in [0, 0.05) is 38.3 Å². The van der Waals surface area contributed by atoms with Gasteiger partial charge in [-0.2, -0.15) is 0 Å². The summed E-state index contributed by atoms with van der Waals surface area (Å²) in [5.74, 6) is 3.40. The van der Waals surface area contributed by atoms with Gasteiger partial charge in [-0.3, -0.25) is 9.69 Å². The first kappa shape index (κ1) is 24.9. The zero-order chi connectivity index (χ0) is 24.1. The molecular weight excluding hydrogens is 424 g/mol. The van der Waals surface area contributed by atoms with Gasteiger partial charge >= 0.3 is 0 Å². The van der Waals surface area contributed by atoms with Gasteiger partial charge in [-0.15, -0.1) is 0 Å². The molecule has 3 heterocycles. The smallest absolute Gasteiger partial charge is 0.226 e. The summed E-state index contributed by atoms with van der Waals surface area (Å²) >= 11 is 0. The zero-order valence-corrected chi connectivity index (χ0v) is 21.5. The SMILES string of the molecule is Cc1ccccc1-c1nc(CN2CCC[C@@H](C(=O)NCCCN3C[C@H](C)C[C@H](C)C3)C2)c(C)o1. The summed E-state index contributed by atoms with van der Waals surface area (Å²) in [6, 6.07) is 8.18. The number of hydrogen-bond donors (Lipinski definition) is 1. The number of carbonyl (C=O) groups is 1. The number of hydrogen-bond acceptors (Lipinski definition) is 5. The highest BCUT2D eigenvalue weighted by atomic mass is 16.4. The molecule has 1 N–H and O–H groups in total. The molecule has 2 aliphatic rings. The maximum atomic E-state index is 12.9. The van der Waals surface area contributed by atoms with Gasteiger partial charge in [0.2, 0.25) is 11.8 Å². The highest BCUT2D eigenvalue weighted by molar-refractivity contribution is 5.78. The molecular formula is C28H42N4O2. The van der Waals surface area contributed by atoms with E-state index in [9.17, 15) is 4.79 Å². The second-order valence-electron chi connectivity index (χ2n) is 10.8. The van der Waals surface area contributed by atoms with Crippen molar-refractivity contribution < 1.29 is 9.21 Å². The van der Waals surface area contributed by atoms with E-state index in [0.717, 1.165) is 86.4 Å². The summed E-state index contributed by atoms with van der Waals surface area (Å²) in [4.78, 5) is 22.6. The van der Waals surface area contributed by atoms with Crippen LogP contribution in [0, 0.1) is 31.6 Å². The number of oxazole rings is 1. The molecule has 6 nitrogen and oxygen atoms in total. The predicted molar refractivity (Wildman–Crippen MR) is 136 cm³/mol. The Morgan fingerprint density at radius 3 is 2.65 bits per heavy atom. The van der Waals surface area contributed by atoms with Crippen molar-refractivity contribution in [2.45, 2.75) is 59.9 Å². The van der Waals surface area contributed by atoms with Crippen molar-refractivity contribution in [1.82, 2.24) is 20.1 Å². The monoisotopic (exact) mass is 466 g/mol. The van der Waals surface area contributed by atoms with E-state index in [2.05, 4.69) is 48.0 Å². The Hall–Kier alpha value is -2.18. The lowest BCUT2D eigenvalue weighted by Crippen LogP contribution is -2.44. The number of nitrogens with one attached hydrogen (secondary N) is 1. The molecule has 0 unspecified atom stereocenters. The molecule has 0 saturated carbocycles. The highest BCUT2D eigenvalue weighted by Crippen LogP contribution is 2.26. The molecule has 0 radical (unpaired) electrons.